The minimum absolute atomic E-state index is 0.0595. The number of nitrogens with zero attached hydrogens (tertiary/aromatic N) is 5. The molecule has 0 radical (unpaired) electrons. The van der Waals surface area contributed by atoms with E-state index in [1.165, 1.54) is 0 Å². The van der Waals surface area contributed by atoms with Crippen molar-refractivity contribution in [3.8, 4) is 17.2 Å². The van der Waals surface area contributed by atoms with Gasteiger partial charge in [0.05, 0.1) is 24.4 Å². The molecule has 2 fully saturated rings. The molecule has 11 heteroatoms. The van der Waals surface area contributed by atoms with E-state index in [-0.39, 0.29) is 23.0 Å². The van der Waals surface area contributed by atoms with Crippen LogP contribution in [0.2, 0.25) is 0 Å². The standard InChI is InChI=1S/C28H32N6O5/c1-27(2,3)39-26(36)33-13-9-17(10-14-33)21-15-22(35)30-23-20(16-29-34(21)23)24-31-32-25(38-24)28(11-12-28)18-5-7-19(37-4)8-6-18/h5-8,15-17H,9-14H2,1-4H3,(H,30,35). The Bertz CT molecular complexity index is 1570. The summed E-state index contributed by atoms with van der Waals surface area (Å²) in [6, 6.07) is 9.51. The number of hydrogen-bond donors (Lipinski definition) is 1. The van der Waals surface area contributed by atoms with E-state index in [1.54, 1.807) is 28.8 Å². The fraction of sp³-hybridized carbons (Fsp3) is 0.464. The molecule has 4 heterocycles. The number of carbonyl (C=O) groups excluding carboxylic acids is 1. The van der Waals surface area contributed by atoms with Gasteiger partial charge in [0.25, 0.3) is 11.4 Å². The van der Waals surface area contributed by atoms with E-state index in [9.17, 15) is 9.59 Å². The third-order valence-electron chi connectivity index (χ3n) is 7.56. The SMILES string of the molecule is COc1ccc(C2(c3nnc(-c4cnn5c(C6CCN(C(=O)OC(C)(C)C)CC6)cc(=O)[nH]c45)o3)CC2)cc1. The zero-order chi connectivity index (χ0) is 27.4. The van der Waals surface area contributed by atoms with Crippen molar-refractivity contribution in [2.24, 2.45) is 0 Å². The van der Waals surface area contributed by atoms with Gasteiger partial charge < -0.3 is 23.8 Å². The van der Waals surface area contributed by atoms with Crippen molar-refractivity contribution in [3.05, 3.63) is 64.0 Å². The Hall–Kier alpha value is -4.15. The van der Waals surface area contributed by atoms with E-state index in [1.807, 2.05) is 45.0 Å². The molecule has 1 aliphatic carbocycles. The van der Waals surface area contributed by atoms with Crippen molar-refractivity contribution >= 4 is 11.7 Å². The van der Waals surface area contributed by atoms with E-state index in [0.29, 0.717) is 48.9 Å². The number of aromatic nitrogens is 5. The summed E-state index contributed by atoms with van der Waals surface area (Å²) in [4.78, 5) is 29.8. The topological polar surface area (TPSA) is 128 Å². The number of likely N-dealkylation sites (tertiary alicyclic amines) is 1. The molecular formula is C28H32N6O5. The highest BCUT2D eigenvalue weighted by Gasteiger charge is 2.51. The highest BCUT2D eigenvalue weighted by molar-refractivity contribution is 5.71. The number of benzene rings is 1. The molecule has 204 valence electrons. The van der Waals surface area contributed by atoms with Crippen molar-refractivity contribution < 1.29 is 18.7 Å². The number of aromatic amines is 1. The number of hydrogen-bond acceptors (Lipinski definition) is 8. The van der Waals surface area contributed by atoms with Crippen LogP contribution in [0.3, 0.4) is 0 Å². The summed E-state index contributed by atoms with van der Waals surface area (Å²) in [6.45, 7) is 6.66. The highest BCUT2D eigenvalue weighted by Crippen LogP contribution is 2.53. The molecule has 0 bridgehead atoms. The Morgan fingerprint density at radius 3 is 2.49 bits per heavy atom. The zero-order valence-corrected chi connectivity index (χ0v) is 22.6. The van der Waals surface area contributed by atoms with Crippen LogP contribution in [0.1, 0.15) is 69.5 Å². The van der Waals surface area contributed by atoms with Crippen LogP contribution in [0, 0.1) is 0 Å². The largest absolute Gasteiger partial charge is 0.497 e. The molecule has 3 aromatic heterocycles. The van der Waals surface area contributed by atoms with Crippen molar-refractivity contribution in [2.45, 2.75) is 63.4 Å². The molecule has 1 saturated heterocycles. The first-order valence-electron chi connectivity index (χ1n) is 13.2. The summed E-state index contributed by atoms with van der Waals surface area (Å²) in [5.41, 5.74) is 1.90. The van der Waals surface area contributed by atoms with Gasteiger partial charge in [-0.15, -0.1) is 10.2 Å². The molecule has 0 spiro atoms. The average Bonchev–Trinajstić information content (AvgIpc) is 3.37. The predicted octanol–water partition coefficient (Wildman–Crippen LogP) is 4.28. The van der Waals surface area contributed by atoms with Gasteiger partial charge >= 0.3 is 6.09 Å². The van der Waals surface area contributed by atoms with Gasteiger partial charge in [-0.25, -0.2) is 9.31 Å². The number of fused-ring (bicyclic) bond motifs is 1. The summed E-state index contributed by atoms with van der Waals surface area (Å²) in [5.74, 6) is 1.72. The average molecular weight is 533 g/mol. The van der Waals surface area contributed by atoms with E-state index in [0.717, 1.165) is 29.8 Å². The molecule has 6 rings (SSSR count). The second-order valence-corrected chi connectivity index (χ2v) is 11.3. The molecular weight excluding hydrogens is 500 g/mol. The number of H-pyrrole nitrogens is 1. The summed E-state index contributed by atoms with van der Waals surface area (Å²) >= 11 is 0. The van der Waals surface area contributed by atoms with Gasteiger partial charge in [0, 0.05) is 25.1 Å². The van der Waals surface area contributed by atoms with Crippen LogP contribution in [0.5, 0.6) is 5.75 Å². The minimum Gasteiger partial charge on any atom is -0.497 e. The van der Waals surface area contributed by atoms with E-state index < -0.39 is 5.60 Å². The molecule has 0 atom stereocenters. The van der Waals surface area contributed by atoms with E-state index in [2.05, 4.69) is 20.3 Å². The predicted molar refractivity (Wildman–Crippen MR) is 142 cm³/mol. The molecule has 1 aromatic carbocycles. The number of rotatable bonds is 5. The lowest BCUT2D eigenvalue weighted by atomic mass is 9.93. The van der Waals surface area contributed by atoms with Gasteiger partial charge in [-0.2, -0.15) is 5.10 Å². The summed E-state index contributed by atoms with van der Waals surface area (Å²) < 4.78 is 18.7. The Morgan fingerprint density at radius 2 is 1.85 bits per heavy atom. The van der Waals surface area contributed by atoms with Crippen LogP contribution in [-0.4, -0.2) is 61.6 Å². The normalized spacial score (nSPS) is 17.4. The number of nitrogens with one attached hydrogen (secondary N) is 1. The van der Waals surface area contributed by atoms with Gasteiger partial charge in [-0.05, 0) is 64.2 Å². The molecule has 4 aromatic rings. The molecule has 0 unspecified atom stereocenters. The molecule has 2 aliphatic rings. The Balaban J connectivity index is 1.25. The third kappa shape index (κ3) is 4.66. The molecule has 1 aliphatic heterocycles. The van der Waals surface area contributed by atoms with Gasteiger partial charge in [-0.1, -0.05) is 12.1 Å². The second kappa shape index (κ2) is 9.25. The van der Waals surface area contributed by atoms with Crippen LogP contribution < -0.4 is 10.3 Å². The maximum absolute atomic E-state index is 12.7. The maximum Gasteiger partial charge on any atom is 0.410 e. The first kappa shape index (κ1) is 25.1. The van der Waals surface area contributed by atoms with Crippen molar-refractivity contribution in [3.63, 3.8) is 0 Å². The molecule has 11 nitrogen and oxygen atoms in total. The summed E-state index contributed by atoms with van der Waals surface area (Å²) in [7, 11) is 1.64. The van der Waals surface area contributed by atoms with Gasteiger partial charge in [0.2, 0.25) is 5.89 Å². The third-order valence-corrected chi connectivity index (χ3v) is 7.56. The quantitative estimate of drug-likeness (QED) is 0.404. The van der Waals surface area contributed by atoms with Crippen molar-refractivity contribution in [1.82, 2.24) is 29.7 Å². The fourth-order valence-electron chi connectivity index (χ4n) is 5.33. The fourth-order valence-corrected chi connectivity index (χ4v) is 5.33. The van der Waals surface area contributed by atoms with Crippen LogP contribution >= 0.6 is 0 Å². The number of piperidine rings is 1. The van der Waals surface area contributed by atoms with Crippen molar-refractivity contribution in [1.29, 1.82) is 0 Å². The minimum atomic E-state index is -0.541. The number of ether oxygens (including phenoxy) is 2. The highest BCUT2D eigenvalue weighted by atomic mass is 16.6. The molecule has 1 amide bonds. The number of carbonyl (C=O) groups is 1. The Kier molecular flexibility index (Phi) is 5.96. The van der Waals surface area contributed by atoms with Gasteiger partial charge in [-0.3, -0.25) is 4.79 Å². The Morgan fingerprint density at radius 1 is 1.13 bits per heavy atom. The number of methoxy groups -OCH3 is 1. The monoisotopic (exact) mass is 532 g/mol. The molecule has 39 heavy (non-hydrogen) atoms. The summed E-state index contributed by atoms with van der Waals surface area (Å²) in [5, 5.41) is 13.3. The smallest absolute Gasteiger partial charge is 0.410 e. The van der Waals surface area contributed by atoms with Crippen molar-refractivity contribution in [2.75, 3.05) is 20.2 Å². The first-order valence-corrected chi connectivity index (χ1v) is 13.2. The van der Waals surface area contributed by atoms with Crippen LogP contribution in [0.4, 0.5) is 4.79 Å². The molecule has 1 N–H and O–H groups in total. The van der Waals surface area contributed by atoms with Gasteiger partial charge in [0.1, 0.15) is 22.6 Å². The van der Waals surface area contributed by atoms with Crippen LogP contribution in [-0.2, 0) is 10.2 Å². The second-order valence-electron chi connectivity index (χ2n) is 11.3. The maximum atomic E-state index is 12.7. The van der Waals surface area contributed by atoms with E-state index >= 15 is 0 Å². The van der Waals surface area contributed by atoms with Crippen LogP contribution in [0.25, 0.3) is 17.1 Å². The lowest BCUT2D eigenvalue weighted by Crippen LogP contribution is -2.41. The lowest BCUT2D eigenvalue weighted by Gasteiger charge is -2.33. The first-order chi connectivity index (χ1) is 18.7. The van der Waals surface area contributed by atoms with Crippen LogP contribution in [0.15, 0.2) is 45.7 Å². The Labute approximate surface area is 225 Å². The molecule has 1 saturated carbocycles. The zero-order valence-electron chi connectivity index (χ0n) is 22.6. The lowest BCUT2D eigenvalue weighted by molar-refractivity contribution is 0.0203. The number of amides is 1. The van der Waals surface area contributed by atoms with E-state index in [4.69, 9.17) is 13.9 Å². The summed E-state index contributed by atoms with van der Waals surface area (Å²) in [6.07, 6.45) is 4.56. The van der Waals surface area contributed by atoms with Gasteiger partial charge in [0.15, 0.2) is 0 Å².